The van der Waals surface area contributed by atoms with Gasteiger partial charge in [-0.15, -0.1) is 0 Å². The first-order chi connectivity index (χ1) is 8.93. The summed E-state index contributed by atoms with van der Waals surface area (Å²) < 4.78 is 0. The van der Waals surface area contributed by atoms with Crippen molar-refractivity contribution in [1.29, 1.82) is 0 Å². The van der Waals surface area contributed by atoms with Gasteiger partial charge in [0.25, 0.3) is 11.8 Å². The third kappa shape index (κ3) is 2.33. The van der Waals surface area contributed by atoms with Crippen LogP contribution in [0.25, 0.3) is 0 Å². The summed E-state index contributed by atoms with van der Waals surface area (Å²) >= 11 is 5.48. The molecule has 1 aliphatic heterocycles. The van der Waals surface area contributed by atoms with Gasteiger partial charge in [0.05, 0.1) is 11.1 Å². The van der Waals surface area contributed by atoms with Gasteiger partial charge in [-0.2, -0.15) is 5.01 Å². The van der Waals surface area contributed by atoms with E-state index in [0.717, 1.165) is 10.0 Å². The Balaban J connectivity index is 2.39. The van der Waals surface area contributed by atoms with Crippen LogP contribution < -0.4 is 0 Å². The zero-order valence-electron chi connectivity index (χ0n) is 10.6. The van der Waals surface area contributed by atoms with E-state index in [1.807, 2.05) is 13.8 Å². The highest BCUT2D eigenvalue weighted by molar-refractivity contribution is 6.63. The molecule has 0 saturated carbocycles. The molecular formula is C13H13ClN2O3. The van der Waals surface area contributed by atoms with Crippen LogP contribution in [0.3, 0.4) is 0 Å². The molecule has 0 saturated heterocycles. The minimum Gasteiger partial charge on any atom is -0.267 e. The van der Waals surface area contributed by atoms with Crippen molar-refractivity contribution in [2.24, 2.45) is 5.92 Å². The molecule has 0 N–H and O–H groups in total. The topological polar surface area (TPSA) is 57.7 Å². The maximum absolute atomic E-state index is 12.2. The summed E-state index contributed by atoms with van der Waals surface area (Å²) in [6.07, 6.45) is 0. The van der Waals surface area contributed by atoms with Crippen LogP contribution in [-0.4, -0.2) is 33.7 Å². The zero-order valence-corrected chi connectivity index (χ0v) is 11.3. The van der Waals surface area contributed by atoms with E-state index in [0.29, 0.717) is 11.1 Å². The molecule has 5 nitrogen and oxygen atoms in total. The molecule has 1 aromatic rings. The Bertz CT molecular complexity index is 522. The summed E-state index contributed by atoms with van der Waals surface area (Å²) in [4.78, 5) is 35.8. The first-order valence-corrected chi connectivity index (χ1v) is 6.26. The number of amides is 3. The highest BCUT2D eigenvalue weighted by Gasteiger charge is 2.40. The van der Waals surface area contributed by atoms with Gasteiger partial charge in [-0.25, -0.2) is 5.01 Å². The van der Waals surface area contributed by atoms with Gasteiger partial charge in [-0.05, 0) is 29.7 Å². The lowest BCUT2D eigenvalue weighted by molar-refractivity contribution is 0.0194. The van der Waals surface area contributed by atoms with Gasteiger partial charge >= 0.3 is 5.37 Å². The smallest absolute Gasteiger partial charge is 0.267 e. The molecule has 0 bridgehead atoms. The van der Waals surface area contributed by atoms with Crippen LogP contribution in [0.4, 0.5) is 4.79 Å². The quantitative estimate of drug-likeness (QED) is 0.486. The van der Waals surface area contributed by atoms with Gasteiger partial charge in [0.15, 0.2) is 0 Å². The molecule has 0 radical (unpaired) electrons. The summed E-state index contributed by atoms with van der Waals surface area (Å²) in [6, 6.07) is 6.45. The number of imide groups is 1. The van der Waals surface area contributed by atoms with Gasteiger partial charge in [-0.3, -0.25) is 14.4 Å². The van der Waals surface area contributed by atoms with Gasteiger partial charge in [0.1, 0.15) is 0 Å². The molecule has 0 aromatic heterocycles. The van der Waals surface area contributed by atoms with Gasteiger partial charge in [0.2, 0.25) is 0 Å². The molecule has 6 heteroatoms. The fourth-order valence-corrected chi connectivity index (χ4v) is 2.12. The van der Waals surface area contributed by atoms with Crippen LogP contribution in [0.1, 0.15) is 34.6 Å². The van der Waals surface area contributed by atoms with E-state index < -0.39 is 17.2 Å². The third-order valence-electron chi connectivity index (χ3n) is 2.76. The Labute approximate surface area is 115 Å². The molecule has 0 unspecified atom stereocenters. The van der Waals surface area contributed by atoms with Crippen LogP contribution in [0.15, 0.2) is 24.3 Å². The Morgan fingerprint density at radius 3 is 2.05 bits per heavy atom. The van der Waals surface area contributed by atoms with E-state index in [2.05, 4.69) is 0 Å². The monoisotopic (exact) mass is 280 g/mol. The highest BCUT2D eigenvalue weighted by atomic mass is 35.5. The van der Waals surface area contributed by atoms with E-state index in [1.54, 1.807) is 24.3 Å². The summed E-state index contributed by atoms with van der Waals surface area (Å²) in [6.45, 7) is 3.93. The second-order valence-electron chi connectivity index (χ2n) is 4.70. The number of hydrogen-bond donors (Lipinski definition) is 0. The van der Waals surface area contributed by atoms with Gasteiger partial charge in [0, 0.05) is 6.54 Å². The molecule has 0 fully saturated rings. The summed E-state index contributed by atoms with van der Waals surface area (Å²) in [5.41, 5.74) is 0.582. The predicted octanol–water partition coefficient (Wildman–Crippen LogP) is 2.51. The van der Waals surface area contributed by atoms with Crippen molar-refractivity contribution in [3.63, 3.8) is 0 Å². The van der Waals surface area contributed by atoms with Crippen LogP contribution in [0.2, 0.25) is 0 Å². The third-order valence-corrected chi connectivity index (χ3v) is 2.95. The Kier molecular flexibility index (Phi) is 3.57. The van der Waals surface area contributed by atoms with Crippen LogP contribution in [-0.2, 0) is 0 Å². The molecule has 1 aromatic carbocycles. The number of carbonyl (C=O) groups is 3. The number of halogens is 1. The number of fused-ring (bicyclic) bond motifs is 1. The summed E-state index contributed by atoms with van der Waals surface area (Å²) in [7, 11) is 0. The standard InChI is InChI=1S/C13H13ClN2O3/c1-8(2)7-15(13(14)19)16-11(17)9-5-3-4-6-10(9)12(16)18/h3-6,8H,7H2,1-2H3. The number of rotatable bonds is 3. The fourth-order valence-electron chi connectivity index (χ4n) is 1.97. The van der Waals surface area contributed by atoms with Crippen molar-refractivity contribution in [3.05, 3.63) is 35.4 Å². The van der Waals surface area contributed by atoms with Crippen LogP contribution in [0.5, 0.6) is 0 Å². The fraction of sp³-hybridized carbons (Fsp3) is 0.308. The van der Waals surface area contributed by atoms with E-state index >= 15 is 0 Å². The molecule has 2 rings (SSSR count). The number of nitrogens with zero attached hydrogens (tertiary/aromatic N) is 2. The minimum absolute atomic E-state index is 0.0759. The first kappa shape index (κ1) is 13.5. The van der Waals surface area contributed by atoms with Crippen molar-refractivity contribution in [3.8, 4) is 0 Å². The largest absolute Gasteiger partial charge is 0.335 e. The molecule has 0 aliphatic carbocycles. The number of hydrogen-bond acceptors (Lipinski definition) is 3. The lowest BCUT2D eigenvalue weighted by Crippen LogP contribution is -2.49. The van der Waals surface area contributed by atoms with Gasteiger partial charge < -0.3 is 0 Å². The van der Waals surface area contributed by atoms with Crippen LogP contribution in [0, 0.1) is 5.92 Å². The number of carbonyl (C=O) groups excluding carboxylic acids is 3. The SMILES string of the molecule is CC(C)CN(C(=O)Cl)N1C(=O)c2ccccc2C1=O. The molecule has 1 heterocycles. The molecule has 19 heavy (non-hydrogen) atoms. The molecular weight excluding hydrogens is 268 g/mol. The highest BCUT2D eigenvalue weighted by Crippen LogP contribution is 2.25. The Morgan fingerprint density at radius 2 is 1.68 bits per heavy atom. The predicted molar refractivity (Wildman–Crippen MR) is 69.7 cm³/mol. The van der Waals surface area contributed by atoms with E-state index in [9.17, 15) is 14.4 Å². The van der Waals surface area contributed by atoms with Gasteiger partial charge in [-0.1, -0.05) is 26.0 Å². The van der Waals surface area contributed by atoms with Crippen molar-refractivity contribution in [1.82, 2.24) is 10.0 Å². The molecule has 0 spiro atoms. The molecule has 0 atom stereocenters. The summed E-state index contributed by atoms with van der Waals surface area (Å²) in [5.74, 6) is -0.961. The summed E-state index contributed by atoms with van der Waals surface area (Å²) in [5, 5.41) is 0.958. The number of benzene rings is 1. The van der Waals surface area contributed by atoms with E-state index in [4.69, 9.17) is 11.6 Å². The average Bonchev–Trinajstić information content (AvgIpc) is 2.60. The lowest BCUT2D eigenvalue weighted by Gasteiger charge is -2.29. The van der Waals surface area contributed by atoms with Crippen molar-refractivity contribution >= 4 is 28.8 Å². The normalized spacial score (nSPS) is 14.0. The second-order valence-corrected chi connectivity index (χ2v) is 5.02. The van der Waals surface area contributed by atoms with Crippen LogP contribution >= 0.6 is 11.6 Å². The minimum atomic E-state index is -0.844. The van der Waals surface area contributed by atoms with Crippen molar-refractivity contribution < 1.29 is 14.4 Å². The Hall–Kier alpha value is -1.88. The van der Waals surface area contributed by atoms with Crippen molar-refractivity contribution in [2.45, 2.75) is 13.8 Å². The average molecular weight is 281 g/mol. The lowest BCUT2D eigenvalue weighted by atomic mass is 10.1. The first-order valence-electron chi connectivity index (χ1n) is 5.88. The van der Waals surface area contributed by atoms with E-state index in [1.165, 1.54) is 0 Å². The molecule has 100 valence electrons. The van der Waals surface area contributed by atoms with Crippen molar-refractivity contribution in [2.75, 3.05) is 6.54 Å². The maximum atomic E-state index is 12.2. The Morgan fingerprint density at radius 1 is 1.21 bits per heavy atom. The molecule has 1 aliphatic rings. The zero-order chi connectivity index (χ0) is 14.2. The van der Waals surface area contributed by atoms with E-state index in [-0.39, 0.29) is 12.5 Å². The molecule has 3 amide bonds. The number of hydrazine groups is 1. The maximum Gasteiger partial charge on any atom is 0.335 e. The second kappa shape index (κ2) is 5.01.